The maximum Gasteiger partial charge on any atom is 0.303 e. The van der Waals surface area contributed by atoms with E-state index in [0.29, 0.717) is 18.9 Å². The van der Waals surface area contributed by atoms with Gasteiger partial charge < -0.3 is 9.67 Å². The highest BCUT2D eigenvalue weighted by molar-refractivity contribution is 5.66. The molecule has 0 aliphatic carbocycles. The largest absolute Gasteiger partial charge is 0.481 e. The number of rotatable bonds is 6. The van der Waals surface area contributed by atoms with Crippen LogP contribution >= 0.6 is 0 Å². The van der Waals surface area contributed by atoms with Crippen LogP contribution in [0, 0.1) is 6.92 Å². The molecule has 0 aromatic carbocycles. The Balaban J connectivity index is 2.70. The van der Waals surface area contributed by atoms with E-state index in [1.807, 2.05) is 11.5 Å². The van der Waals surface area contributed by atoms with Gasteiger partial charge in [0.15, 0.2) is 0 Å². The maximum atomic E-state index is 10.4. The number of carbonyl (C=O) groups is 1. The normalized spacial score (nSPS) is 12.7. The Labute approximate surface area is 95.5 Å². The second-order valence-electron chi connectivity index (χ2n) is 4.06. The van der Waals surface area contributed by atoms with Gasteiger partial charge in [-0.05, 0) is 19.8 Å². The van der Waals surface area contributed by atoms with Gasteiger partial charge in [0.25, 0.3) is 0 Å². The third kappa shape index (κ3) is 3.05. The van der Waals surface area contributed by atoms with E-state index < -0.39 is 5.97 Å². The van der Waals surface area contributed by atoms with Crippen molar-refractivity contribution in [2.24, 2.45) is 0 Å². The van der Waals surface area contributed by atoms with Crippen LogP contribution in [0.2, 0.25) is 0 Å². The summed E-state index contributed by atoms with van der Waals surface area (Å²) in [4.78, 5) is 10.4. The molecule has 5 heteroatoms. The predicted octanol–water partition coefficient (Wildman–Crippen LogP) is 1.96. The lowest BCUT2D eigenvalue weighted by Crippen LogP contribution is -2.09. The molecule has 16 heavy (non-hydrogen) atoms. The first-order chi connectivity index (χ1) is 7.56. The summed E-state index contributed by atoms with van der Waals surface area (Å²) in [5.74, 6) is 1.44. The molecule has 0 aliphatic heterocycles. The van der Waals surface area contributed by atoms with Gasteiger partial charge >= 0.3 is 5.97 Å². The highest BCUT2D eigenvalue weighted by Crippen LogP contribution is 2.17. The Kier molecular flexibility index (Phi) is 4.46. The van der Waals surface area contributed by atoms with Crippen LogP contribution in [-0.4, -0.2) is 25.8 Å². The van der Waals surface area contributed by atoms with Gasteiger partial charge in [-0.2, -0.15) is 0 Å². The van der Waals surface area contributed by atoms with E-state index in [1.54, 1.807) is 0 Å². The van der Waals surface area contributed by atoms with Gasteiger partial charge in [0.1, 0.15) is 11.6 Å². The minimum Gasteiger partial charge on any atom is -0.481 e. The van der Waals surface area contributed by atoms with Crippen LogP contribution in [0.4, 0.5) is 0 Å². The quantitative estimate of drug-likeness (QED) is 0.803. The van der Waals surface area contributed by atoms with E-state index >= 15 is 0 Å². The molecule has 5 nitrogen and oxygen atoms in total. The molecule has 1 rings (SSSR count). The lowest BCUT2D eigenvalue weighted by molar-refractivity contribution is -0.137. The Bertz CT molecular complexity index is 360. The summed E-state index contributed by atoms with van der Waals surface area (Å²) >= 11 is 0. The zero-order chi connectivity index (χ0) is 12.1. The molecule has 0 spiro atoms. The summed E-state index contributed by atoms with van der Waals surface area (Å²) in [6.45, 7) is 6.80. The van der Waals surface area contributed by atoms with Crippen molar-refractivity contribution >= 4 is 5.97 Å². The number of hydrogen-bond acceptors (Lipinski definition) is 3. The molecule has 90 valence electrons. The molecule has 1 aromatic heterocycles. The molecule has 0 amide bonds. The first-order valence-electron chi connectivity index (χ1n) is 5.67. The molecule has 1 aromatic rings. The zero-order valence-corrected chi connectivity index (χ0v) is 10.1. The van der Waals surface area contributed by atoms with Crippen molar-refractivity contribution < 1.29 is 9.90 Å². The van der Waals surface area contributed by atoms with Gasteiger partial charge in [0.05, 0.1) is 0 Å². The van der Waals surface area contributed by atoms with Crippen molar-refractivity contribution in [2.75, 3.05) is 0 Å². The molecule has 1 heterocycles. The van der Waals surface area contributed by atoms with Crippen LogP contribution in [0.5, 0.6) is 0 Å². The molecular formula is C11H19N3O2. The molecule has 1 unspecified atom stereocenters. The van der Waals surface area contributed by atoms with Gasteiger partial charge in [0, 0.05) is 18.9 Å². The van der Waals surface area contributed by atoms with Crippen molar-refractivity contribution in [3.05, 3.63) is 11.6 Å². The highest BCUT2D eigenvalue weighted by atomic mass is 16.4. The SMILES string of the molecule is CCC(C)c1nnc(C)n1CCCC(=O)O. The summed E-state index contributed by atoms with van der Waals surface area (Å²) in [6.07, 6.45) is 1.83. The minimum absolute atomic E-state index is 0.192. The van der Waals surface area contributed by atoms with Gasteiger partial charge in [-0.25, -0.2) is 0 Å². The Hall–Kier alpha value is -1.39. The van der Waals surface area contributed by atoms with Crippen molar-refractivity contribution in [2.45, 2.75) is 52.5 Å². The van der Waals surface area contributed by atoms with Crippen LogP contribution in [0.15, 0.2) is 0 Å². The molecule has 1 N–H and O–H groups in total. The van der Waals surface area contributed by atoms with Crippen molar-refractivity contribution in [1.29, 1.82) is 0 Å². The van der Waals surface area contributed by atoms with Crippen molar-refractivity contribution in [3.8, 4) is 0 Å². The van der Waals surface area contributed by atoms with E-state index in [2.05, 4.69) is 24.0 Å². The Morgan fingerprint density at radius 1 is 1.50 bits per heavy atom. The minimum atomic E-state index is -0.754. The summed E-state index contributed by atoms with van der Waals surface area (Å²) in [6, 6.07) is 0. The van der Waals surface area contributed by atoms with Gasteiger partial charge in [-0.1, -0.05) is 13.8 Å². The molecule has 0 aliphatic rings. The van der Waals surface area contributed by atoms with Gasteiger partial charge in [-0.3, -0.25) is 4.79 Å². The fourth-order valence-electron chi connectivity index (χ4n) is 1.61. The Morgan fingerprint density at radius 3 is 2.75 bits per heavy atom. The van der Waals surface area contributed by atoms with Crippen LogP contribution in [-0.2, 0) is 11.3 Å². The van der Waals surface area contributed by atoms with Crippen LogP contribution < -0.4 is 0 Å². The van der Waals surface area contributed by atoms with E-state index in [-0.39, 0.29) is 6.42 Å². The monoisotopic (exact) mass is 225 g/mol. The van der Waals surface area contributed by atoms with Crippen LogP contribution in [0.25, 0.3) is 0 Å². The highest BCUT2D eigenvalue weighted by Gasteiger charge is 2.14. The second-order valence-corrected chi connectivity index (χ2v) is 4.06. The molecule has 0 radical (unpaired) electrons. The first kappa shape index (κ1) is 12.7. The standard InChI is InChI=1S/C11H19N3O2/c1-4-8(2)11-13-12-9(3)14(11)7-5-6-10(15)16/h8H,4-7H2,1-3H3,(H,15,16). The van der Waals surface area contributed by atoms with Crippen molar-refractivity contribution in [1.82, 2.24) is 14.8 Å². The smallest absolute Gasteiger partial charge is 0.303 e. The number of aliphatic carboxylic acids is 1. The Morgan fingerprint density at radius 2 is 2.19 bits per heavy atom. The topological polar surface area (TPSA) is 68.0 Å². The fraction of sp³-hybridized carbons (Fsp3) is 0.727. The number of hydrogen-bond donors (Lipinski definition) is 1. The lowest BCUT2D eigenvalue weighted by atomic mass is 10.1. The van der Waals surface area contributed by atoms with Crippen LogP contribution in [0.3, 0.4) is 0 Å². The van der Waals surface area contributed by atoms with Crippen molar-refractivity contribution in [3.63, 3.8) is 0 Å². The lowest BCUT2D eigenvalue weighted by Gasteiger charge is -2.11. The number of nitrogens with zero attached hydrogens (tertiary/aromatic N) is 3. The number of carboxylic acids is 1. The summed E-state index contributed by atoms with van der Waals surface area (Å²) in [5.41, 5.74) is 0. The van der Waals surface area contributed by atoms with E-state index in [4.69, 9.17) is 5.11 Å². The summed E-state index contributed by atoms with van der Waals surface area (Å²) in [5, 5.41) is 16.8. The van der Waals surface area contributed by atoms with E-state index in [0.717, 1.165) is 18.1 Å². The number of carboxylic acid groups (broad SMARTS) is 1. The zero-order valence-electron chi connectivity index (χ0n) is 10.1. The van der Waals surface area contributed by atoms with Gasteiger partial charge in [-0.15, -0.1) is 10.2 Å². The van der Waals surface area contributed by atoms with E-state index in [1.165, 1.54) is 0 Å². The molecule has 1 atom stereocenters. The fourth-order valence-corrected chi connectivity index (χ4v) is 1.61. The third-order valence-corrected chi connectivity index (χ3v) is 2.79. The molecule has 0 fully saturated rings. The molecular weight excluding hydrogens is 206 g/mol. The van der Waals surface area contributed by atoms with Gasteiger partial charge in [0.2, 0.25) is 0 Å². The number of aryl methyl sites for hydroxylation is 1. The number of aromatic nitrogens is 3. The first-order valence-corrected chi connectivity index (χ1v) is 5.67. The van der Waals surface area contributed by atoms with Crippen LogP contribution in [0.1, 0.15) is 50.7 Å². The average molecular weight is 225 g/mol. The third-order valence-electron chi connectivity index (χ3n) is 2.79. The summed E-state index contributed by atoms with van der Waals surface area (Å²) in [7, 11) is 0. The van der Waals surface area contributed by atoms with E-state index in [9.17, 15) is 4.79 Å². The average Bonchev–Trinajstić information content (AvgIpc) is 2.59. The summed E-state index contributed by atoms with van der Waals surface area (Å²) < 4.78 is 2.02. The predicted molar refractivity (Wildman–Crippen MR) is 60.3 cm³/mol. The maximum absolute atomic E-state index is 10.4. The second kappa shape index (κ2) is 5.63. The molecule has 0 bridgehead atoms. The molecule has 0 saturated heterocycles. The molecule has 0 saturated carbocycles.